The molecule has 0 aliphatic rings. The minimum atomic E-state index is 0.829. The van der Waals surface area contributed by atoms with E-state index in [-0.39, 0.29) is 0 Å². The van der Waals surface area contributed by atoms with Crippen molar-refractivity contribution in [1.29, 1.82) is 0 Å². The average molecular weight is 272 g/mol. The molecule has 0 atom stereocenters. The maximum atomic E-state index is 4.69. The van der Waals surface area contributed by atoms with Gasteiger partial charge < -0.3 is 0 Å². The molecule has 4 rings (SSSR count). The van der Waals surface area contributed by atoms with Gasteiger partial charge >= 0.3 is 0 Å². The molecule has 0 radical (unpaired) electrons. The van der Waals surface area contributed by atoms with Crippen LogP contribution in [0, 0.1) is 0 Å². The van der Waals surface area contributed by atoms with Gasteiger partial charge in [0.1, 0.15) is 0 Å². The molecular weight excluding hydrogens is 260 g/mol. The smallest absolute Gasteiger partial charge is 0.156 e. The fourth-order valence-corrected chi connectivity index (χ4v) is 2.38. The van der Waals surface area contributed by atoms with Gasteiger partial charge in [0.2, 0.25) is 0 Å². The highest BCUT2D eigenvalue weighted by Gasteiger charge is 2.09. The lowest BCUT2D eigenvalue weighted by molar-refractivity contribution is 0.950. The number of aromatic nitrogens is 4. The van der Waals surface area contributed by atoms with Gasteiger partial charge in [-0.3, -0.25) is 4.98 Å². The van der Waals surface area contributed by atoms with E-state index in [1.807, 2.05) is 65.3 Å². The van der Waals surface area contributed by atoms with E-state index in [4.69, 9.17) is 0 Å². The standard InChI is InChI=1S/C17H12N4/c1-2-5-13(6-3-1)15-11-17-19-10-8-16(21(17)20-15)14-7-4-9-18-12-14/h1-12H. The summed E-state index contributed by atoms with van der Waals surface area (Å²) < 4.78 is 1.86. The minimum Gasteiger partial charge on any atom is -0.264 e. The molecule has 0 fully saturated rings. The van der Waals surface area contributed by atoms with E-state index >= 15 is 0 Å². The lowest BCUT2D eigenvalue weighted by Gasteiger charge is -2.03. The molecule has 0 aliphatic carbocycles. The summed E-state index contributed by atoms with van der Waals surface area (Å²) in [7, 11) is 0. The summed E-state index contributed by atoms with van der Waals surface area (Å²) in [6.07, 6.45) is 5.40. The van der Waals surface area contributed by atoms with E-state index in [2.05, 4.69) is 15.1 Å². The van der Waals surface area contributed by atoms with Crippen LogP contribution in [0.1, 0.15) is 0 Å². The van der Waals surface area contributed by atoms with Crippen LogP contribution in [0.5, 0.6) is 0 Å². The molecule has 4 heteroatoms. The van der Waals surface area contributed by atoms with Gasteiger partial charge in [-0.15, -0.1) is 0 Å². The molecular formula is C17H12N4. The van der Waals surface area contributed by atoms with Crippen molar-refractivity contribution in [2.24, 2.45) is 0 Å². The Morgan fingerprint density at radius 3 is 2.48 bits per heavy atom. The van der Waals surface area contributed by atoms with Crippen LogP contribution in [0.25, 0.3) is 28.2 Å². The van der Waals surface area contributed by atoms with E-state index in [1.54, 1.807) is 12.4 Å². The topological polar surface area (TPSA) is 43.1 Å². The number of benzene rings is 1. The Labute approximate surface area is 121 Å². The molecule has 21 heavy (non-hydrogen) atoms. The monoisotopic (exact) mass is 272 g/mol. The van der Waals surface area contributed by atoms with Crippen LogP contribution in [-0.4, -0.2) is 19.6 Å². The zero-order chi connectivity index (χ0) is 14.1. The number of hydrogen-bond acceptors (Lipinski definition) is 3. The summed E-state index contributed by atoms with van der Waals surface area (Å²) >= 11 is 0. The van der Waals surface area contributed by atoms with E-state index in [0.29, 0.717) is 0 Å². The highest BCUT2D eigenvalue weighted by molar-refractivity contribution is 5.67. The van der Waals surface area contributed by atoms with Crippen molar-refractivity contribution >= 4 is 5.65 Å². The second-order valence-corrected chi connectivity index (χ2v) is 4.74. The SMILES string of the molecule is c1ccc(-c2cc3nccc(-c4cccnc4)n3n2)cc1. The first-order chi connectivity index (χ1) is 10.4. The first kappa shape index (κ1) is 11.8. The Balaban J connectivity index is 1.93. The predicted molar refractivity (Wildman–Crippen MR) is 81.7 cm³/mol. The van der Waals surface area contributed by atoms with Gasteiger partial charge in [-0.1, -0.05) is 30.3 Å². The summed E-state index contributed by atoms with van der Waals surface area (Å²) in [5.41, 5.74) is 4.83. The number of rotatable bonds is 2. The molecule has 4 aromatic rings. The molecule has 0 aliphatic heterocycles. The molecule has 0 bridgehead atoms. The molecule has 0 saturated heterocycles. The van der Waals surface area contributed by atoms with Crippen molar-refractivity contribution in [3.8, 4) is 22.5 Å². The van der Waals surface area contributed by atoms with Crippen molar-refractivity contribution < 1.29 is 0 Å². The maximum absolute atomic E-state index is 4.69. The molecule has 3 heterocycles. The van der Waals surface area contributed by atoms with Crippen LogP contribution in [0.4, 0.5) is 0 Å². The van der Waals surface area contributed by atoms with Gasteiger partial charge in [0.25, 0.3) is 0 Å². The van der Waals surface area contributed by atoms with Gasteiger partial charge in [0.05, 0.1) is 11.4 Å². The Kier molecular flexibility index (Phi) is 2.71. The third-order valence-electron chi connectivity index (χ3n) is 3.38. The zero-order valence-electron chi connectivity index (χ0n) is 11.2. The first-order valence-electron chi connectivity index (χ1n) is 6.72. The molecule has 0 amide bonds. The summed E-state index contributed by atoms with van der Waals surface area (Å²) in [6, 6.07) is 18.0. The van der Waals surface area contributed by atoms with Crippen LogP contribution in [-0.2, 0) is 0 Å². The van der Waals surface area contributed by atoms with Crippen LogP contribution < -0.4 is 0 Å². The van der Waals surface area contributed by atoms with Gasteiger partial charge in [0.15, 0.2) is 5.65 Å². The van der Waals surface area contributed by atoms with Crippen molar-refractivity contribution in [1.82, 2.24) is 19.6 Å². The largest absolute Gasteiger partial charge is 0.264 e. The van der Waals surface area contributed by atoms with Crippen molar-refractivity contribution in [3.63, 3.8) is 0 Å². The Hall–Kier alpha value is -3.01. The van der Waals surface area contributed by atoms with Gasteiger partial charge in [-0.25, -0.2) is 9.50 Å². The fourth-order valence-electron chi connectivity index (χ4n) is 2.38. The van der Waals surface area contributed by atoms with Crippen LogP contribution >= 0.6 is 0 Å². The highest BCUT2D eigenvalue weighted by atomic mass is 15.3. The quantitative estimate of drug-likeness (QED) is 0.561. The van der Waals surface area contributed by atoms with Crippen LogP contribution in [0.15, 0.2) is 73.2 Å². The Morgan fingerprint density at radius 1 is 0.810 bits per heavy atom. The first-order valence-corrected chi connectivity index (χ1v) is 6.72. The minimum absolute atomic E-state index is 0.829. The summed E-state index contributed by atoms with van der Waals surface area (Å²) in [4.78, 5) is 8.56. The molecule has 3 aromatic heterocycles. The zero-order valence-corrected chi connectivity index (χ0v) is 11.2. The Morgan fingerprint density at radius 2 is 1.67 bits per heavy atom. The number of fused-ring (bicyclic) bond motifs is 1. The summed E-state index contributed by atoms with van der Waals surface area (Å²) in [6.45, 7) is 0. The molecule has 1 aromatic carbocycles. The molecule has 4 nitrogen and oxygen atoms in total. The third-order valence-corrected chi connectivity index (χ3v) is 3.38. The summed E-state index contributed by atoms with van der Waals surface area (Å²) in [5.74, 6) is 0. The van der Waals surface area contributed by atoms with E-state index < -0.39 is 0 Å². The van der Waals surface area contributed by atoms with E-state index in [0.717, 1.165) is 28.2 Å². The number of nitrogens with zero attached hydrogens (tertiary/aromatic N) is 4. The van der Waals surface area contributed by atoms with Crippen LogP contribution in [0.3, 0.4) is 0 Å². The molecule has 0 unspecified atom stereocenters. The van der Waals surface area contributed by atoms with Crippen molar-refractivity contribution in [3.05, 3.63) is 73.2 Å². The average Bonchev–Trinajstić information content (AvgIpc) is 3.00. The van der Waals surface area contributed by atoms with Crippen molar-refractivity contribution in [2.45, 2.75) is 0 Å². The van der Waals surface area contributed by atoms with Crippen molar-refractivity contribution in [2.75, 3.05) is 0 Å². The molecule has 0 N–H and O–H groups in total. The maximum Gasteiger partial charge on any atom is 0.156 e. The molecule has 0 spiro atoms. The lowest BCUT2D eigenvalue weighted by Crippen LogP contribution is -1.95. The second-order valence-electron chi connectivity index (χ2n) is 4.74. The molecule has 100 valence electrons. The summed E-state index contributed by atoms with van der Waals surface area (Å²) in [5, 5.41) is 4.69. The predicted octanol–water partition coefficient (Wildman–Crippen LogP) is 3.46. The highest BCUT2D eigenvalue weighted by Crippen LogP contribution is 2.23. The normalized spacial score (nSPS) is 10.9. The number of pyridine rings is 1. The van der Waals surface area contributed by atoms with Gasteiger partial charge in [-0.2, -0.15) is 5.10 Å². The number of hydrogen-bond donors (Lipinski definition) is 0. The van der Waals surface area contributed by atoms with Gasteiger partial charge in [0, 0.05) is 35.8 Å². The fraction of sp³-hybridized carbons (Fsp3) is 0. The third kappa shape index (κ3) is 2.07. The lowest BCUT2D eigenvalue weighted by atomic mass is 10.2. The Bertz CT molecular complexity index is 882. The van der Waals surface area contributed by atoms with Crippen LogP contribution in [0.2, 0.25) is 0 Å². The van der Waals surface area contributed by atoms with E-state index in [1.165, 1.54) is 0 Å². The molecule has 0 saturated carbocycles. The van der Waals surface area contributed by atoms with Gasteiger partial charge in [-0.05, 0) is 18.2 Å². The second kappa shape index (κ2) is 4.83. The van der Waals surface area contributed by atoms with E-state index in [9.17, 15) is 0 Å².